The van der Waals surface area contributed by atoms with Crippen molar-refractivity contribution in [2.45, 2.75) is 26.7 Å². The van der Waals surface area contributed by atoms with Crippen LogP contribution in [0, 0.1) is 12.8 Å². The number of hydrogen-bond donors (Lipinski definition) is 2. The van der Waals surface area contributed by atoms with Gasteiger partial charge < -0.3 is 11.1 Å². The zero-order valence-electron chi connectivity index (χ0n) is 18.4. The number of anilines is 1. The molecule has 7 heteroatoms. The molecular weight excluding hydrogens is 400 g/mol. The van der Waals surface area contributed by atoms with Gasteiger partial charge in [0, 0.05) is 41.6 Å². The predicted octanol–water partition coefficient (Wildman–Crippen LogP) is 4.35. The van der Waals surface area contributed by atoms with E-state index >= 15 is 0 Å². The number of hydrogen-bond acceptors (Lipinski definition) is 6. The summed E-state index contributed by atoms with van der Waals surface area (Å²) in [6.45, 7) is 7.03. The number of carbonyl (C=O) groups excluding carboxylic acids is 1. The molecule has 32 heavy (non-hydrogen) atoms. The molecule has 1 unspecified atom stereocenters. The van der Waals surface area contributed by atoms with Crippen molar-refractivity contribution in [3.05, 3.63) is 78.0 Å². The highest BCUT2D eigenvalue weighted by molar-refractivity contribution is 6.05. The number of benzene rings is 1. The molecule has 0 radical (unpaired) electrons. The molecule has 3 heterocycles. The predicted molar refractivity (Wildman–Crippen MR) is 126 cm³/mol. The van der Waals surface area contributed by atoms with Gasteiger partial charge in [0.1, 0.15) is 12.1 Å². The Labute approximate surface area is 187 Å². The quantitative estimate of drug-likeness (QED) is 0.455. The van der Waals surface area contributed by atoms with Gasteiger partial charge >= 0.3 is 0 Å². The topological polar surface area (TPSA) is 107 Å². The van der Waals surface area contributed by atoms with Gasteiger partial charge in [0.05, 0.1) is 16.8 Å². The number of nitrogens with two attached hydrogens (primary N) is 1. The second kappa shape index (κ2) is 9.09. The molecule has 0 aliphatic heterocycles. The highest BCUT2D eigenvalue weighted by Gasteiger charge is 2.19. The maximum atomic E-state index is 11.8. The number of aromatic nitrogens is 4. The normalized spacial score (nSPS) is 13.0. The number of rotatable bonds is 7. The van der Waals surface area contributed by atoms with Crippen LogP contribution in [0.4, 0.5) is 5.82 Å². The van der Waals surface area contributed by atoms with Gasteiger partial charge in [0.25, 0.3) is 0 Å². The number of amides is 1. The first kappa shape index (κ1) is 21.4. The molecule has 7 nitrogen and oxygen atoms in total. The molecule has 3 N–H and O–H groups in total. The number of fused-ring (bicyclic) bond motifs is 1. The fourth-order valence-electron chi connectivity index (χ4n) is 3.76. The fraction of sp³-hybridized carbons (Fsp3) is 0.240. The highest BCUT2D eigenvalue weighted by Crippen LogP contribution is 2.31. The molecule has 3 aromatic heterocycles. The summed E-state index contributed by atoms with van der Waals surface area (Å²) in [6.07, 6.45) is 5.02. The zero-order chi connectivity index (χ0) is 22.7. The number of carbonyl (C=O) groups is 1. The molecule has 0 aliphatic rings. The summed E-state index contributed by atoms with van der Waals surface area (Å²) in [7, 11) is 0. The second-order valence-corrected chi connectivity index (χ2v) is 8.09. The first-order valence-electron chi connectivity index (χ1n) is 10.6. The van der Waals surface area contributed by atoms with Crippen LogP contribution in [0.25, 0.3) is 22.2 Å². The van der Waals surface area contributed by atoms with Crippen molar-refractivity contribution in [3.8, 4) is 11.3 Å². The Balaban J connectivity index is 1.51. The lowest BCUT2D eigenvalue weighted by Crippen LogP contribution is -2.18. The number of para-hydroxylation sites is 1. The average Bonchev–Trinajstić information content (AvgIpc) is 2.81. The van der Waals surface area contributed by atoms with E-state index in [1.165, 1.54) is 0 Å². The Hall–Kier alpha value is -3.87. The van der Waals surface area contributed by atoms with Crippen molar-refractivity contribution >= 4 is 22.6 Å². The van der Waals surface area contributed by atoms with Gasteiger partial charge in [-0.25, -0.2) is 9.97 Å². The van der Waals surface area contributed by atoms with Gasteiger partial charge in [-0.05, 0) is 42.5 Å². The van der Waals surface area contributed by atoms with Crippen molar-refractivity contribution in [1.29, 1.82) is 0 Å². The molecule has 0 saturated heterocycles. The number of pyridine rings is 2. The summed E-state index contributed by atoms with van der Waals surface area (Å²) in [5.74, 6) is 0.797. The molecule has 0 aliphatic carbocycles. The van der Waals surface area contributed by atoms with E-state index in [4.69, 9.17) is 5.73 Å². The molecule has 1 amide bonds. The van der Waals surface area contributed by atoms with E-state index < -0.39 is 5.91 Å². The van der Waals surface area contributed by atoms with E-state index in [-0.39, 0.29) is 11.8 Å². The van der Waals surface area contributed by atoms with Gasteiger partial charge in [-0.1, -0.05) is 32.0 Å². The van der Waals surface area contributed by atoms with E-state index in [9.17, 15) is 4.79 Å². The maximum Gasteiger partial charge on any atom is 0.249 e. The molecule has 162 valence electrons. The lowest BCUT2D eigenvalue weighted by molar-refractivity contribution is 0.100. The number of nitrogens with zero attached hydrogens (tertiary/aromatic N) is 4. The summed E-state index contributed by atoms with van der Waals surface area (Å²) < 4.78 is 0. The van der Waals surface area contributed by atoms with E-state index in [1.807, 2.05) is 43.5 Å². The third kappa shape index (κ3) is 4.42. The van der Waals surface area contributed by atoms with Crippen molar-refractivity contribution in [3.63, 3.8) is 0 Å². The highest BCUT2D eigenvalue weighted by atomic mass is 16.1. The van der Waals surface area contributed by atoms with E-state index in [1.54, 1.807) is 18.6 Å². The Morgan fingerprint density at radius 2 is 1.91 bits per heavy atom. The van der Waals surface area contributed by atoms with Crippen LogP contribution < -0.4 is 11.1 Å². The van der Waals surface area contributed by atoms with Crippen LogP contribution in [0.5, 0.6) is 0 Å². The van der Waals surface area contributed by atoms with Gasteiger partial charge in [-0.2, -0.15) is 0 Å². The molecule has 4 rings (SSSR count). The van der Waals surface area contributed by atoms with Crippen LogP contribution in [-0.2, 0) is 0 Å². The average molecular weight is 427 g/mol. The molecule has 1 aromatic carbocycles. The molecule has 0 fully saturated rings. The summed E-state index contributed by atoms with van der Waals surface area (Å²) >= 11 is 0. The third-order valence-corrected chi connectivity index (χ3v) is 5.89. The van der Waals surface area contributed by atoms with Crippen molar-refractivity contribution in [1.82, 2.24) is 19.9 Å². The monoisotopic (exact) mass is 426 g/mol. The van der Waals surface area contributed by atoms with E-state index in [0.717, 1.165) is 45.8 Å². The Bertz CT molecular complexity index is 1260. The molecule has 0 bridgehead atoms. The van der Waals surface area contributed by atoms with E-state index in [2.05, 4.69) is 45.2 Å². The summed E-state index contributed by atoms with van der Waals surface area (Å²) in [4.78, 5) is 29.4. The molecule has 0 saturated carbocycles. The van der Waals surface area contributed by atoms with Crippen LogP contribution in [-0.4, -0.2) is 32.4 Å². The zero-order valence-corrected chi connectivity index (χ0v) is 18.4. The van der Waals surface area contributed by atoms with Gasteiger partial charge in [0.15, 0.2) is 0 Å². The number of nitrogens with one attached hydrogen (secondary N) is 1. The first-order chi connectivity index (χ1) is 15.4. The largest absolute Gasteiger partial charge is 0.370 e. The Morgan fingerprint density at radius 3 is 2.66 bits per heavy atom. The number of primary amides is 1. The maximum absolute atomic E-state index is 11.8. The minimum Gasteiger partial charge on any atom is -0.370 e. The van der Waals surface area contributed by atoms with Gasteiger partial charge in [-0.15, -0.1) is 0 Å². The lowest BCUT2D eigenvalue weighted by atomic mass is 9.87. The molecular formula is C25H26N6O. The molecule has 0 spiro atoms. The second-order valence-electron chi connectivity index (χ2n) is 8.09. The first-order valence-corrected chi connectivity index (χ1v) is 10.6. The van der Waals surface area contributed by atoms with Gasteiger partial charge in [-0.3, -0.25) is 14.8 Å². The minimum atomic E-state index is -0.444. The summed E-state index contributed by atoms with van der Waals surface area (Å²) in [5, 5.41) is 4.22. The van der Waals surface area contributed by atoms with E-state index in [0.29, 0.717) is 5.56 Å². The summed E-state index contributed by atoms with van der Waals surface area (Å²) in [6, 6.07) is 13.5. The minimum absolute atomic E-state index is 0.199. The SMILES string of the molecule is Cc1ccc(-c2cc(NC[C@@H](C)C(C)c3cccc4c(C(N)=O)ccnc34)ncn2)cn1. The lowest BCUT2D eigenvalue weighted by Gasteiger charge is -2.22. The third-order valence-electron chi connectivity index (χ3n) is 5.89. The van der Waals surface area contributed by atoms with Crippen LogP contribution in [0.3, 0.4) is 0 Å². The standard InChI is InChI=1S/C25H26N6O/c1-15(12-29-23-11-22(30-14-31-23)18-8-7-16(2)28-13-18)17(3)19-5-4-6-20-21(25(26)32)9-10-27-24(19)20/h4-11,13-15,17H,12H2,1-3H3,(H2,26,32)(H,29,30,31)/t15-,17?/m1/s1. The van der Waals surface area contributed by atoms with Crippen LogP contribution in [0.2, 0.25) is 0 Å². The van der Waals surface area contributed by atoms with Crippen molar-refractivity contribution in [2.24, 2.45) is 11.7 Å². The number of aryl methyl sites for hydroxylation is 1. The Morgan fingerprint density at radius 1 is 1.06 bits per heavy atom. The summed E-state index contributed by atoms with van der Waals surface area (Å²) in [5.41, 5.74) is 10.7. The fourth-order valence-corrected chi connectivity index (χ4v) is 3.76. The molecule has 2 atom stereocenters. The van der Waals surface area contributed by atoms with Crippen LogP contribution >= 0.6 is 0 Å². The molecule has 4 aromatic rings. The van der Waals surface area contributed by atoms with Gasteiger partial charge in [0.2, 0.25) is 5.91 Å². The van der Waals surface area contributed by atoms with Crippen molar-refractivity contribution < 1.29 is 4.79 Å². The van der Waals surface area contributed by atoms with Crippen LogP contribution in [0.15, 0.2) is 61.2 Å². The van der Waals surface area contributed by atoms with Crippen LogP contribution in [0.1, 0.15) is 41.4 Å². The Kier molecular flexibility index (Phi) is 6.07. The van der Waals surface area contributed by atoms with Crippen molar-refractivity contribution in [2.75, 3.05) is 11.9 Å². The smallest absolute Gasteiger partial charge is 0.249 e.